The average Bonchev–Trinajstić information content (AvgIpc) is 3.06. The molecule has 0 spiro atoms. The fourth-order valence-electron chi connectivity index (χ4n) is 4.72. The molecule has 1 heterocycles. The molecular weight excluding hydrogens is 466 g/mol. The van der Waals surface area contributed by atoms with E-state index in [2.05, 4.69) is 54.5 Å². The summed E-state index contributed by atoms with van der Waals surface area (Å²) in [6.07, 6.45) is 12.3. The fraction of sp³-hybridized carbons (Fsp3) is 0.677. The number of unbranched alkanes of at least 4 members (excludes halogenated alkanes) is 7. The number of hydrogen-bond acceptors (Lipinski definition) is 4. The lowest BCUT2D eigenvalue weighted by Crippen LogP contribution is -2.30. The maximum Gasteiger partial charge on any atom is 0.237 e. The number of carbonyl (C=O) groups is 2. The van der Waals surface area contributed by atoms with E-state index >= 15 is 0 Å². The number of allylic oxidation sites excluding steroid dienone is 1. The van der Waals surface area contributed by atoms with Crippen molar-refractivity contribution in [3.8, 4) is 5.75 Å². The van der Waals surface area contributed by atoms with Gasteiger partial charge in [-0.3, -0.25) is 14.5 Å². The lowest BCUT2D eigenvalue weighted by Gasteiger charge is -2.28. The first kappa shape index (κ1) is 30.5. The number of likely N-dealkylation sites (tertiary alicyclic amines) is 1. The van der Waals surface area contributed by atoms with Gasteiger partial charge < -0.3 is 5.11 Å². The summed E-state index contributed by atoms with van der Waals surface area (Å²) in [5, 5.41) is 11.0. The highest BCUT2D eigenvalue weighted by Crippen LogP contribution is 2.42. The topological polar surface area (TPSA) is 57.6 Å². The summed E-state index contributed by atoms with van der Waals surface area (Å²) < 4.78 is 0. The third-order valence-electron chi connectivity index (χ3n) is 7.13. The van der Waals surface area contributed by atoms with Gasteiger partial charge in [0.15, 0.2) is 0 Å². The van der Waals surface area contributed by atoms with E-state index in [1.165, 1.54) is 55.2 Å². The van der Waals surface area contributed by atoms with Crippen molar-refractivity contribution >= 4 is 23.6 Å². The first-order valence-electron chi connectivity index (χ1n) is 13.8. The van der Waals surface area contributed by atoms with E-state index in [4.69, 9.17) is 0 Å². The Morgan fingerprint density at radius 1 is 0.972 bits per heavy atom. The molecule has 1 aliphatic heterocycles. The molecule has 36 heavy (non-hydrogen) atoms. The molecule has 1 aliphatic rings. The molecule has 0 aromatic heterocycles. The summed E-state index contributed by atoms with van der Waals surface area (Å²) in [6.45, 7) is 16.8. The molecule has 0 saturated carbocycles. The van der Waals surface area contributed by atoms with Crippen LogP contribution in [-0.4, -0.2) is 27.7 Å². The lowest BCUT2D eigenvalue weighted by atomic mass is 9.79. The summed E-state index contributed by atoms with van der Waals surface area (Å²) in [5.74, 6) is 0.155. The Labute approximate surface area is 224 Å². The molecule has 0 bridgehead atoms. The van der Waals surface area contributed by atoms with Gasteiger partial charge >= 0.3 is 0 Å². The van der Waals surface area contributed by atoms with Crippen LogP contribution in [0.2, 0.25) is 0 Å². The molecule has 4 nitrogen and oxygen atoms in total. The van der Waals surface area contributed by atoms with Gasteiger partial charge in [0.25, 0.3) is 0 Å². The third-order valence-corrected chi connectivity index (χ3v) is 8.08. The van der Waals surface area contributed by atoms with Crippen LogP contribution < -0.4 is 0 Å². The zero-order chi connectivity index (χ0) is 27.1. The van der Waals surface area contributed by atoms with E-state index in [9.17, 15) is 14.7 Å². The van der Waals surface area contributed by atoms with Gasteiger partial charge in [0.05, 0.1) is 11.8 Å². The van der Waals surface area contributed by atoms with Gasteiger partial charge in [-0.15, -0.1) is 11.8 Å². The Bertz CT molecular complexity index is 901. The molecule has 2 rings (SSSR count). The van der Waals surface area contributed by atoms with Crippen LogP contribution in [0.1, 0.15) is 124 Å². The van der Waals surface area contributed by atoms with Crippen molar-refractivity contribution in [1.82, 2.24) is 4.90 Å². The molecule has 1 atom stereocenters. The SMILES string of the molecule is CCCCCCCCCC=C(C)C1CC(=O)N(CSc2cc(C(C)(C)C)c(O)c(C(C)(C)C)c2)C1=O. The van der Waals surface area contributed by atoms with Crippen molar-refractivity contribution in [1.29, 1.82) is 0 Å². The van der Waals surface area contributed by atoms with E-state index in [1.807, 2.05) is 19.1 Å². The number of thioether (sulfide) groups is 1. The van der Waals surface area contributed by atoms with Crippen LogP contribution in [-0.2, 0) is 20.4 Å². The van der Waals surface area contributed by atoms with Crippen molar-refractivity contribution in [2.24, 2.45) is 5.92 Å². The van der Waals surface area contributed by atoms with Gasteiger partial charge in [-0.2, -0.15) is 0 Å². The molecule has 0 aliphatic carbocycles. The Kier molecular flexibility index (Phi) is 11.1. The molecule has 5 heteroatoms. The van der Waals surface area contributed by atoms with Gasteiger partial charge in [0.1, 0.15) is 5.75 Å². The summed E-state index contributed by atoms with van der Waals surface area (Å²) in [5.41, 5.74) is 2.36. The Morgan fingerprint density at radius 3 is 2.03 bits per heavy atom. The molecule has 1 aromatic rings. The highest BCUT2D eigenvalue weighted by molar-refractivity contribution is 7.99. The van der Waals surface area contributed by atoms with Crippen LogP contribution in [0.4, 0.5) is 0 Å². The average molecular weight is 516 g/mol. The van der Waals surface area contributed by atoms with Crippen molar-refractivity contribution in [2.45, 2.75) is 129 Å². The first-order valence-corrected chi connectivity index (χ1v) is 14.8. The zero-order valence-electron chi connectivity index (χ0n) is 24.0. The number of imide groups is 1. The predicted octanol–water partition coefficient (Wildman–Crippen LogP) is 8.50. The summed E-state index contributed by atoms with van der Waals surface area (Å²) >= 11 is 1.49. The molecule has 1 N–H and O–H groups in total. The number of nitrogens with zero attached hydrogens (tertiary/aromatic N) is 1. The highest BCUT2D eigenvalue weighted by Gasteiger charge is 2.39. The Hall–Kier alpha value is -1.75. The number of hydrogen-bond donors (Lipinski definition) is 1. The highest BCUT2D eigenvalue weighted by atomic mass is 32.2. The summed E-state index contributed by atoms with van der Waals surface area (Å²) in [7, 11) is 0. The standard InChI is InChI=1S/C31H49NO3S/c1-9-10-11-12-13-14-15-16-17-22(2)24-20-27(33)32(29(24)35)21-36-23-18-25(30(3,4)5)28(34)26(19-23)31(6,7)8/h17-19,24,34H,9-16,20-21H2,1-8H3. The summed E-state index contributed by atoms with van der Waals surface area (Å²) in [4.78, 5) is 28.3. The quantitative estimate of drug-likeness (QED) is 0.131. The number of phenols is 1. The van der Waals surface area contributed by atoms with Crippen LogP contribution in [0.25, 0.3) is 0 Å². The minimum absolute atomic E-state index is 0.0771. The largest absolute Gasteiger partial charge is 0.507 e. The molecule has 1 unspecified atom stereocenters. The van der Waals surface area contributed by atoms with Crippen molar-refractivity contribution < 1.29 is 14.7 Å². The molecule has 1 saturated heterocycles. The van der Waals surface area contributed by atoms with Crippen LogP contribution >= 0.6 is 11.8 Å². The van der Waals surface area contributed by atoms with Crippen LogP contribution in [0.15, 0.2) is 28.7 Å². The van der Waals surface area contributed by atoms with Gasteiger partial charge in [0, 0.05) is 22.4 Å². The predicted molar refractivity (Wildman–Crippen MR) is 153 cm³/mol. The monoisotopic (exact) mass is 515 g/mol. The Morgan fingerprint density at radius 2 is 1.50 bits per heavy atom. The third kappa shape index (κ3) is 8.39. The normalized spacial score (nSPS) is 17.4. The smallest absolute Gasteiger partial charge is 0.237 e. The molecule has 0 radical (unpaired) electrons. The number of rotatable bonds is 12. The zero-order valence-corrected chi connectivity index (χ0v) is 24.8. The second kappa shape index (κ2) is 13.2. The second-order valence-corrected chi connectivity index (χ2v) is 13.4. The van der Waals surface area contributed by atoms with Gasteiger partial charge in [0.2, 0.25) is 11.8 Å². The lowest BCUT2D eigenvalue weighted by molar-refractivity contribution is -0.137. The molecule has 2 amide bonds. The van der Waals surface area contributed by atoms with Crippen LogP contribution in [0.5, 0.6) is 5.75 Å². The van der Waals surface area contributed by atoms with E-state index < -0.39 is 0 Å². The van der Waals surface area contributed by atoms with E-state index in [-0.39, 0.29) is 35.0 Å². The van der Waals surface area contributed by atoms with Crippen LogP contribution in [0.3, 0.4) is 0 Å². The van der Waals surface area contributed by atoms with E-state index in [1.54, 1.807) is 0 Å². The van der Waals surface area contributed by atoms with Gasteiger partial charge in [-0.05, 0) is 42.7 Å². The maximum absolute atomic E-state index is 13.1. The summed E-state index contributed by atoms with van der Waals surface area (Å²) in [6, 6.07) is 4.01. The first-order chi connectivity index (χ1) is 16.8. The van der Waals surface area contributed by atoms with Crippen LogP contribution in [0, 0.1) is 5.92 Å². The van der Waals surface area contributed by atoms with Crippen molar-refractivity contribution in [2.75, 3.05) is 5.88 Å². The second-order valence-electron chi connectivity index (χ2n) is 12.4. The van der Waals surface area contributed by atoms with Gasteiger partial charge in [-0.25, -0.2) is 0 Å². The van der Waals surface area contributed by atoms with E-state index in [0.29, 0.717) is 11.6 Å². The number of carbonyl (C=O) groups excluding carboxylic acids is 2. The number of amides is 2. The van der Waals surface area contributed by atoms with Crippen molar-refractivity contribution in [3.63, 3.8) is 0 Å². The van der Waals surface area contributed by atoms with Gasteiger partial charge in [-0.1, -0.05) is 98.6 Å². The fourth-order valence-corrected chi connectivity index (χ4v) is 5.67. The van der Waals surface area contributed by atoms with E-state index in [0.717, 1.165) is 34.4 Å². The number of benzene rings is 1. The minimum Gasteiger partial charge on any atom is -0.507 e. The molecule has 1 fully saturated rings. The minimum atomic E-state index is -0.322. The number of phenolic OH excluding ortho intramolecular Hbond substituents is 1. The maximum atomic E-state index is 13.1. The molecular formula is C31H49NO3S. The molecule has 202 valence electrons. The van der Waals surface area contributed by atoms with Crippen molar-refractivity contribution in [3.05, 3.63) is 34.9 Å². The Balaban J connectivity index is 2.02. The number of aromatic hydroxyl groups is 1. The molecule has 1 aromatic carbocycles.